The minimum absolute atomic E-state index is 0.762. The maximum Gasteiger partial charge on any atom is 0.332 e. The molecule has 0 aromatic rings. The predicted molar refractivity (Wildman–Crippen MR) is 105 cm³/mol. The molecule has 0 saturated heterocycles. The van der Waals surface area contributed by atoms with Crippen molar-refractivity contribution in [2.45, 2.75) is 123 Å². The van der Waals surface area contributed by atoms with Gasteiger partial charge in [-0.3, -0.25) is 0 Å². The summed E-state index contributed by atoms with van der Waals surface area (Å²) < 4.78 is 0. The van der Waals surface area contributed by atoms with Gasteiger partial charge < -0.3 is 15.0 Å². The van der Waals surface area contributed by atoms with E-state index in [4.69, 9.17) is 10.2 Å². The third-order valence-electron chi connectivity index (χ3n) is 4.28. The summed E-state index contributed by atoms with van der Waals surface area (Å²) in [6.45, 7) is 3.48. The van der Waals surface area contributed by atoms with Crippen molar-refractivity contribution in [3.05, 3.63) is 0 Å². The summed E-state index contributed by atoms with van der Waals surface area (Å²) in [5, 5.41) is 15.8. The normalized spacial score (nSPS) is 11.5. The van der Waals surface area contributed by atoms with E-state index in [1.807, 2.05) is 0 Å². The summed E-state index contributed by atoms with van der Waals surface area (Å²) in [6, 6.07) is 0. The zero-order valence-electron chi connectivity index (χ0n) is 16.7. The summed E-state index contributed by atoms with van der Waals surface area (Å²) in [5.41, 5.74) is 0. The average Bonchev–Trinajstić information content (AvgIpc) is 2.59. The van der Waals surface area contributed by atoms with Gasteiger partial charge in [0.2, 0.25) is 0 Å². The molecule has 0 radical (unpaired) electrons. The van der Waals surface area contributed by atoms with Gasteiger partial charge >= 0.3 is 5.97 Å². The van der Waals surface area contributed by atoms with Crippen LogP contribution in [-0.2, 0) is 9.59 Å². The predicted octanol–water partition coefficient (Wildman–Crippen LogP) is 5.90. The highest BCUT2D eigenvalue weighted by atomic mass is 16.4. The highest BCUT2D eigenvalue weighted by molar-refractivity contribution is 5.71. The lowest BCUT2D eigenvalue weighted by Crippen LogP contribution is -2.13. The Morgan fingerprint density at radius 3 is 1.28 bits per heavy atom. The Morgan fingerprint density at radius 2 is 1.04 bits per heavy atom. The number of carbonyl (C=O) groups excluding carboxylic acids is 1. The molecule has 4 nitrogen and oxygen atoms in total. The van der Waals surface area contributed by atoms with E-state index in [1.54, 1.807) is 0 Å². The largest absolute Gasteiger partial charge is 0.479 e. The average molecular weight is 359 g/mol. The van der Waals surface area contributed by atoms with Crippen LogP contribution in [0, 0.1) is 0 Å². The number of hydrogen-bond acceptors (Lipinski definition) is 3. The van der Waals surface area contributed by atoms with Crippen molar-refractivity contribution in [3.63, 3.8) is 0 Å². The zero-order chi connectivity index (χ0) is 19.2. The molecule has 4 heteroatoms. The van der Waals surface area contributed by atoms with Crippen LogP contribution in [-0.4, -0.2) is 28.6 Å². The molecule has 150 valence electrons. The molecule has 0 aliphatic rings. The quantitative estimate of drug-likeness (QED) is 0.251. The Kier molecular flexibility index (Phi) is 24.3. The van der Waals surface area contributed by atoms with Crippen LogP contribution in [0.25, 0.3) is 0 Å². The lowest BCUT2D eigenvalue weighted by Gasteiger charge is -2.02. The van der Waals surface area contributed by atoms with E-state index in [1.165, 1.54) is 96.8 Å². The topological polar surface area (TPSA) is 74.6 Å². The zero-order valence-corrected chi connectivity index (χ0v) is 16.7. The molecule has 1 unspecified atom stereocenters. The van der Waals surface area contributed by atoms with Crippen LogP contribution in [0.3, 0.4) is 0 Å². The molecule has 0 aliphatic carbocycles. The van der Waals surface area contributed by atoms with Gasteiger partial charge in [-0.2, -0.15) is 0 Å². The van der Waals surface area contributed by atoms with E-state index in [-0.39, 0.29) is 0 Å². The standard InChI is InChI=1S/C18H36O.C3H6O3/c1-2-3-4-5-6-7-8-9-10-11-12-13-14-15-16-17-18-19;1-2(4)3(5)6/h18H,2-17H2,1H3;2,4H,1H3,(H,5,6). The fourth-order valence-electron chi connectivity index (χ4n) is 2.60. The van der Waals surface area contributed by atoms with Crippen LogP contribution in [0.4, 0.5) is 0 Å². The lowest BCUT2D eigenvalue weighted by atomic mass is 10.0. The molecule has 2 N–H and O–H groups in total. The Morgan fingerprint density at radius 1 is 0.760 bits per heavy atom. The SMILES string of the molecule is CC(O)C(=O)O.CCCCCCCCCCCCCCCCCC=O. The van der Waals surface area contributed by atoms with Crippen molar-refractivity contribution in [2.24, 2.45) is 0 Å². The van der Waals surface area contributed by atoms with Crippen LogP contribution >= 0.6 is 0 Å². The summed E-state index contributed by atoms with van der Waals surface area (Å²) >= 11 is 0. The molecule has 0 aromatic heterocycles. The van der Waals surface area contributed by atoms with Crippen molar-refractivity contribution in [1.82, 2.24) is 0 Å². The highest BCUT2D eigenvalue weighted by Gasteiger charge is 2.01. The molecule has 0 aromatic carbocycles. The number of aliphatic hydroxyl groups is 1. The van der Waals surface area contributed by atoms with Crippen LogP contribution < -0.4 is 0 Å². The van der Waals surface area contributed by atoms with E-state index in [9.17, 15) is 9.59 Å². The van der Waals surface area contributed by atoms with Gasteiger partial charge in [-0.1, -0.05) is 96.8 Å². The Bertz CT molecular complexity index is 277. The van der Waals surface area contributed by atoms with Crippen molar-refractivity contribution in [1.29, 1.82) is 0 Å². The first-order valence-corrected chi connectivity index (χ1v) is 10.4. The first-order chi connectivity index (χ1) is 12.1. The number of aliphatic carboxylic acids is 1. The molecule has 0 fully saturated rings. The van der Waals surface area contributed by atoms with Gasteiger partial charge in [0.1, 0.15) is 12.4 Å². The third kappa shape index (κ3) is 28.2. The molecule has 25 heavy (non-hydrogen) atoms. The van der Waals surface area contributed by atoms with Gasteiger partial charge in [0.15, 0.2) is 0 Å². The highest BCUT2D eigenvalue weighted by Crippen LogP contribution is 2.13. The van der Waals surface area contributed by atoms with Gasteiger partial charge in [0.05, 0.1) is 0 Å². The maximum absolute atomic E-state index is 10.1. The fourth-order valence-corrected chi connectivity index (χ4v) is 2.60. The van der Waals surface area contributed by atoms with Crippen LogP contribution in [0.15, 0.2) is 0 Å². The number of carboxylic acid groups (broad SMARTS) is 1. The second-order valence-electron chi connectivity index (χ2n) is 6.92. The molecule has 0 saturated carbocycles. The number of rotatable bonds is 17. The fraction of sp³-hybridized carbons (Fsp3) is 0.905. The number of carboxylic acids is 1. The molecular formula is C21H42O4. The van der Waals surface area contributed by atoms with E-state index >= 15 is 0 Å². The van der Waals surface area contributed by atoms with Gasteiger partial charge in [-0.25, -0.2) is 4.79 Å². The van der Waals surface area contributed by atoms with Crippen molar-refractivity contribution in [2.75, 3.05) is 0 Å². The first kappa shape index (κ1) is 26.3. The minimum atomic E-state index is -1.23. The molecule has 0 heterocycles. The van der Waals surface area contributed by atoms with Crippen molar-refractivity contribution >= 4 is 12.3 Å². The Hall–Kier alpha value is -0.900. The second kappa shape index (κ2) is 23.1. The second-order valence-corrected chi connectivity index (χ2v) is 6.92. The Balaban J connectivity index is 0. The maximum atomic E-state index is 10.1. The number of carbonyl (C=O) groups is 2. The van der Waals surface area contributed by atoms with Crippen LogP contribution in [0.5, 0.6) is 0 Å². The van der Waals surface area contributed by atoms with E-state index in [2.05, 4.69) is 6.92 Å². The molecule has 0 aliphatic heterocycles. The smallest absolute Gasteiger partial charge is 0.332 e. The molecule has 0 spiro atoms. The first-order valence-electron chi connectivity index (χ1n) is 10.4. The molecule has 0 rings (SSSR count). The summed E-state index contributed by atoms with van der Waals surface area (Å²) in [4.78, 5) is 19.6. The van der Waals surface area contributed by atoms with Gasteiger partial charge in [0.25, 0.3) is 0 Å². The van der Waals surface area contributed by atoms with Crippen LogP contribution in [0.2, 0.25) is 0 Å². The molecule has 0 amide bonds. The van der Waals surface area contributed by atoms with Gasteiger partial charge in [-0.15, -0.1) is 0 Å². The molecular weight excluding hydrogens is 316 g/mol. The summed E-state index contributed by atoms with van der Waals surface area (Å²) in [6.07, 6.45) is 21.3. The number of aldehydes is 1. The van der Waals surface area contributed by atoms with Crippen molar-refractivity contribution < 1.29 is 19.8 Å². The summed E-state index contributed by atoms with van der Waals surface area (Å²) in [7, 11) is 0. The lowest BCUT2D eigenvalue weighted by molar-refractivity contribution is -0.145. The summed E-state index contributed by atoms with van der Waals surface area (Å²) in [5.74, 6) is -1.19. The number of hydrogen-bond donors (Lipinski definition) is 2. The Labute approximate surface area is 155 Å². The van der Waals surface area contributed by atoms with Gasteiger partial charge in [0, 0.05) is 6.42 Å². The van der Waals surface area contributed by atoms with Crippen molar-refractivity contribution in [3.8, 4) is 0 Å². The number of aliphatic hydroxyl groups excluding tert-OH is 1. The van der Waals surface area contributed by atoms with Gasteiger partial charge in [-0.05, 0) is 13.3 Å². The van der Waals surface area contributed by atoms with E-state index in [0.29, 0.717) is 0 Å². The van der Waals surface area contributed by atoms with E-state index < -0.39 is 12.1 Å². The minimum Gasteiger partial charge on any atom is -0.479 e. The van der Waals surface area contributed by atoms with E-state index in [0.717, 1.165) is 19.1 Å². The number of unbranched alkanes of at least 4 members (excludes halogenated alkanes) is 15. The molecule has 0 bridgehead atoms. The third-order valence-corrected chi connectivity index (χ3v) is 4.28. The monoisotopic (exact) mass is 358 g/mol. The van der Waals surface area contributed by atoms with Crippen LogP contribution in [0.1, 0.15) is 117 Å². The molecule has 1 atom stereocenters.